The Hall–Kier alpha value is -2.49. The second kappa shape index (κ2) is 6.56. The van der Waals surface area contributed by atoms with Gasteiger partial charge in [0.05, 0.1) is 0 Å². The van der Waals surface area contributed by atoms with Crippen LogP contribution in [0.3, 0.4) is 0 Å². The summed E-state index contributed by atoms with van der Waals surface area (Å²) in [5, 5.41) is 2.84. The Bertz CT molecular complexity index is 826. The lowest BCUT2D eigenvalue weighted by Gasteiger charge is -2.21. The van der Waals surface area contributed by atoms with Gasteiger partial charge < -0.3 is 5.32 Å². The Labute approximate surface area is 140 Å². The highest BCUT2D eigenvalue weighted by molar-refractivity contribution is 5.99. The third kappa shape index (κ3) is 3.37. The summed E-state index contributed by atoms with van der Waals surface area (Å²) < 4.78 is 27.6. The van der Waals surface area contributed by atoms with Gasteiger partial charge in [-0.25, -0.2) is 8.78 Å². The van der Waals surface area contributed by atoms with Crippen LogP contribution in [0.1, 0.15) is 24.5 Å². The smallest absolute Gasteiger partial charge is 0.247 e. The molecular weight excluding hydrogens is 308 g/mol. The zero-order valence-corrected chi connectivity index (χ0v) is 13.7. The summed E-state index contributed by atoms with van der Waals surface area (Å²) in [6.45, 7) is 4.58. The summed E-state index contributed by atoms with van der Waals surface area (Å²) in [7, 11) is 0. The minimum absolute atomic E-state index is 0.107. The van der Waals surface area contributed by atoms with Crippen LogP contribution < -0.4 is 5.32 Å². The molecule has 3 rings (SSSR count). The minimum Gasteiger partial charge on any atom is -0.352 e. The normalized spacial score (nSPS) is 19.4. The van der Waals surface area contributed by atoms with Crippen LogP contribution in [-0.4, -0.2) is 12.5 Å². The number of benzene rings is 2. The summed E-state index contributed by atoms with van der Waals surface area (Å²) in [6.07, 6.45) is 2.41. The van der Waals surface area contributed by atoms with E-state index in [2.05, 4.69) is 12.2 Å². The molecule has 0 saturated carbocycles. The molecule has 0 spiro atoms. The largest absolute Gasteiger partial charge is 0.352 e. The van der Waals surface area contributed by atoms with Crippen molar-refractivity contribution in [3.05, 3.63) is 64.7 Å². The van der Waals surface area contributed by atoms with Gasteiger partial charge in [-0.2, -0.15) is 0 Å². The topological polar surface area (TPSA) is 29.1 Å². The molecule has 1 saturated heterocycles. The van der Waals surface area contributed by atoms with Crippen molar-refractivity contribution in [3.8, 4) is 11.1 Å². The predicted molar refractivity (Wildman–Crippen MR) is 91.3 cm³/mol. The van der Waals surface area contributed by atoms with E-state index >= 15 is 0 Å². The van der Waals surface area contributed by atoms with Crippen molar-refractivity contribution in [2.45, 2.75) is 20.3 Å². The molecule has 0 aliphatic carbocycles. The van der Waals surface area contributed by atoms with Crippen molar-refractivity contribution < 1.29 is 13.6 Å². The summed E-state index contributed by atoms with van der Waals surface area (Å²) >= 11 is 0. The number of piperidine rings is 1. The molecule has 0 radical (unpaired) electrons. The highest BCUT2D eigenvalue weighted by atomic mass is 19.1. The van der Waals surface area contributed by atoms with Crippen LogP contribution in [0.25, 0.3) is 17.2 Å². The monoisotopic (exact) mass is 327 g/mol. The van der Waals surface area contributed by atoms with Crippen LogP contribution in [0.4, 0.5) is 8.78 Å². The molecule has 1 N–H and O–H groups in total. The second-order valence-corrected chi connectivity index (χ2v) is 6.37. The first kappa shape index (κ1) is 16.4. The van der Waals surface area contributed by atoms with E-state index in [4.69, 9.17) is 0 Å². The Balaban J connectivity index is 2.08. The molecule has 1 aliphatic rings. The lowest BCUT2D eigenvalue weighted by Crippen LogP contribution is -2.35. The van der Waals surface area contributed by atoms with Gasteiger partial charge in [-0.3, -0.25) is 4.79 Å². The van der Waals surface area contributed by atoms with Gasteiger partial charge in [0.15, 0.2) is 0 Å². The molecule has 1 atom stereocenters. The minimum atomic E-state index is -0.407. The summed E-state index contributed by atoms with van der Waals surface area (Å²) in [5.41, 5.74) is 3.36. The third-order valence-electron chi connectivity index (χ3n) is 4.35. The standard InChI is InChI=1S/C20H19F2NO/c1-12-6-16(20(24)23-11-12)7-15-9-18(22)10-19(13(15)2)14-4-3-5-17(21)8-14/h3-5,7-10,12H,6,11H2,1-2H3,(H,23,24)/b16-7+/t12-/m0/s1. The average Bonchev–Trinajstić information content (AvgIpc) is 2.54. The van der Waals surface area contributed by atoms with Crippen molar-refractivity contribution in [2.24, 2.45) is 5.92 Å². The van der Waals surface area contributed by atoms with Gasteiger partial charge in [-0.05, 0) is 71.9 Å². The Morgan fingerprint density at radius 3 is 2.71 bits per heavy atom. The molecule has 4 heteroatoms. The molecular formula is C20H19F2NO. The number of halogens is 2. The van der Waals surface area contributed by atoms with Crippen molar-refractivity contribution in [1.82, 2.24) is 5.32 Å². The van der Waals surface area contributed by atoms with Gasteiger partial charge in [0, 0.05) is 12.1 Å². The fraction of sp³-hybridized carbons (Fsp3) is 0.250. The Kier molecular flexibility index (Phi) is 4.47. The van der Waals surface area contributed by atoms with E-state index in [1.807, 2.05) is 6.92 Å². The third-order valence-corrected chi connectivity index (χ3v) is 4.35. The van der Waals surface area contributed by atoms with Gasteiger partial charge in [-0.1, -0.05) is 19.1 Å². The molecule has 2 aromatic carbocycles. The number of carbonyl (C=O) groups is 1. The van der Waals surface area contributed by atoms with E-state index in [1.54, 1.807) is 18.2 Å². The average molecular weight is 327 g/mol. The number of hydrogen-bond acceptors (Lipinski definition) is 1. The number of amides is 1. The number of carbonyl (C=O) groups excluding carboxylic acids is 1. The van der Waals surface area contributed by atoms with E-state index < -0.39 is 5.82 Å². The molecule has 0 aromatic heterocycles. The van der Waals surface area contributed by atoms with E-state index in [9.17, 15) is 13.6 Å². The number of rotatable bonds is 2. The zero-order valence-electron chi connectivity index (χ0n) is 13.7. The predicted octanol–water partition coefficient (Wildman–Crippen LogP) is 4.48. The van der Waals surface area contributed by atoms with E-state index in [0.717, 1.165) is 5.56 Å². The first-order valence-corrected chi connectivity index (χ1v) is 7.99. The molecule has 1 amide bonds. The van der Waals surface area contributed by atoms with Gasteiger partial charge in [0.2, 0.25) is 5.91 Å². The highest BCUT2D eigenvalue weighted by Crippen LogP contribution is 2.30. The number of nitrogens with one attached hydrogen (secondary N) is 1. The Morgan fingerprint density at radius 2 is 1.96 bits per heavy atom. The summed E-state index contributed by atoms with van der Waals surface area (Å²) in [6, 6.07) is 8.90. The SMILES string of the molecule is Cc1c(/C=C2\C[C@H](C)CNC2=O)cc(F)cc1-c1cccc(F)c1. The van der Waals surface area contributed by atoms with Crippen LogP contribution in [0.2, 0.25) is 0 Å². The fourth-order valence-corrected chi connectivity index (χ4v) is 3.04. The maximum Gasteiger partial charge on any atom is 0.247 e. The van der Waals surface area contributed by atoms with Gasteiger partial charge in [0.25, 0.3) is 0 Å². The maximum absolute atomic E-state index is 14.1. The fourth-order valence-electron chi connectivity index (χ4n) is 3.04. The second-order valence-electron chi connectivity index (χ2n) is 6.37. The molecule has 1 fully saturated rings. The van der Waals surface area contributed by atoms with Crippen LogP contribution in [0.5, 0.6) is 0 Å². The first-order chi connectivity index (χ1) is 11.4. The lowest BCUT2D eigenvalue weighted by atomic mass is 9.91. The van der Waals surface area contributed by atoms with E-state index in [-0.39, 0.29) is 11.7 Å². The molecule has 1 aliphatic heterocycles. The lowest BCUT2D eigenvalue weighted by molar-refractivity contribution is -0.118. The van der Waals surface area contributed by atoms with Gasteiger partial charge in [-0.15, -0.1) is 0 Å². The van der Waals surface area contributed by atoms with Crippen LogP contribution >= 0.6 is 0 Å². The van der Waals surface area contributed by atoms with Crippen molar-refractivity contribution in [1.29, 1.82) is 0 Å². The van der Waals surface area contributed by atoms with E-state index in [1.165, 1.54) is 24.3 Å². The van der Waals surface area contributed by atoms with Crippen molar-refractivity contribution in [2.75, 3.05) is 6.54 Å². The first-order valence-electron chi connectivity index (χ1n) is 7.99. The molecule has 2 aromatic rings. The zero-order chi connectivity index (χ0) is 17.3. The molecule has 0 unspecified atom stereocenters. The summed E-state index contributed by atoms with van der Waals surface area (Å²) in [4.78, 5) is 12.0. The van der Waals surface area contributed by atoms with Crippen molar-refractivity contribution >= 4 is 12.0 Å². The van der Waals surface area contributed by atoms with Crippen LogP contribution in [-0.2, 0) is 4.79 Å². The Morgan fingerprint density at radius 1 is 1.17 bits per heavy atom. The number of hydrogen-bond donors (Lipinski definition) is 1. The highest BCUT2D eigenvalue weighted by Gasteiger charge is 2.20. The van der Waals surface area contributed by atoms with Gasteiger partial charge in [0.1, 0.15) is 11.6 Å². The van der Waals surface area contributed by atoms with E-state index in [0.29, 0.717) is 41.1 Å². The molecule has 124 valence electrons. The van der Waals surface area contributed by atoms with Crippen LogP contribution in [0, 0.1) is 24.5 Å². The molecule has 2 nitrogen and oxygen atoms in total. The summed E-state index contributed by atoms with van der Waals surface area (Å²) in [5.74, 6) is -0.526. The molecule has 0 bridgehead atoms. The van der Waals surface area contributed by atoms with Crippen molar-refractivity contribution in [3.63, 3.8) is 0 Å². The van der Waals surface area contributed by atoms with Crippen LogP contribution in [0.15, 0.2) is 42.0 Å². The quantitative estimate of drug-likeness (QED) is 0.810. The maximum atomic E-state index is 14.1. The molecule has 24 heavy (non-hydrogen) atoms. The van der Waals surface area contributed by atoms with Gasteiger partial charge >= 0.3 is 0 Å². The molecule has 1 heterocycles.